The lowest BCUT2D eigenvalue weighted by Gasteiger charge is -2.27. The van der Waals surface area contributed by atoms with E-state index in [9.17, 15) is 4.79 Å². The Morgan fingerprint density at radius 3 is 2.25 bits per heavy atom. The molecule has 0 amide bonds. The van der Waals surface area contributed by atoms with Crippen LogP contribution in [-0.2, 0) is 4.79 Å². The zero-order chi connectivity index (χ0) is 9.35. The maximum absolute atomic E-state index is 11.8. The third-order valence-corrected chi connectivity index (χ3v) is 3.33. The fraction of sp³-hybridized carbons (Fsp3) is 0.909. The number of carbonyl (C=O) groups is 1. The normalized spacial score (nSPS) is 18.4. The van der Waals surface area contributed by atoms with Crippen molar-refractivity contribution in [3.05, 3.63) is 0 Å². The van der Waals surface area contributed by atoms with Gasteiger partial charge in [-0.2, -0.15) is 0 Å². The van der Waals surface area contributed by atoms with Gasteiger partial charge in [-0.3, -0.25) is 4.79 Å². The van der Waals surface area contributed by atoms with Crippen LogP contribution < -0.4 is 0 Å². The predicted octanol–water partition coefficient (Wildman–Crippen LogP) is 3.04. The molecule has 0 aromatic heterocycles. The minimum Gasteiger partial charge on any atom is -0.299 e. The van der Waals surface area contributed by atoms with Crippen LogP contribution in [0.15, 0.2) is 0 Å². The summed E-state index contributed by atoms with van der Waals surface area (Å²) in [5.74, 6) is 1.65. The highest BCUT2D eigenvalue weighted by atomic mass is 16.1. The average Bonchev–Trinajstić information content (AvgIpc) is 2.71. The third kappa shape index (κ3) is 2.09. The smallest absolute Gasteiger partial charge is 0.139 e. The zero-order valence-corrected chi connectivity index (χ0v) is 8.68. The van der Waals surface area contributed by atoms with Gasteiger partial charge in [-0.05, 0) is 24.7 Å². The summed E-state index contributed by atoms with van der Waals surface area (Å²) >= 11 is 0. The standard InChI is InChI=1S/C11H20O/c1-8(2)11(3,4)10(12)7-9-5-6-9/h8-9H,5-7H2,1-4H3. The summed E-state index contributed by atoms with van der Waals surface area (Å²) in [5, 5.41) is 0. The molecule has 0 aromatic carbocycles. The van der Waals surface area contributed by atoms with Gasteiger partial charge in [-0.25, -0.2) is 0 Å². The molecule has 1 aliphatic rings. The van der Waals surface area contributed by atoms with E-state index in [4.69, 9.17) is 0 Å². The Balaban J connectivity index is 2.47. The molecule has 1 saturated carbocycles. The molecule has 0 atom stereocenters. The molecule has 12 heavy (non-hydrogen) atoms. The van der Waals surface area contributed by atoms with E-state index < -0.39 is 0 Å². The van der Waals surface area contributed by atoms with Gasteiger partial charge in [0, 0.05) is 11.8 Å². The van der Waals surface area contributed by atoms with Crippen molar-refractivity contribution in [3.63, 3.8) is 0 Å². The first-order chi connectivity index (χ1) is 5.44. The lowest BCUT2D eigenvalue weighted by molar-refractivity contribution is -0.129. The summed E-state index contributed by atoms with van der Waals surface area (Å²) in [6.45, 7) is 8.40. The van der Waals surface area contributed by atoms with Gasteiger partial charge in [-0.15, -0.1) is 0 Å². The lowest BCUT2D eigenvalue weighted by atomic mass is 9.76. The van der Waals surface area contributed by atoms with E-state index in [2.05, 4.69) is 27.7 Å². The van der Waals surface area contributed by atoms with Crippen LogP contribution in [0.1, 0.15) is 47.0 Å². The van der Waals surface area contributed by atoms with E-state index in [0.29, 0.717) is 11.7 Å². The van der Waals surface area contributed by atoms with Crippen molar-refractivity contribution >= 4 is 5.78 Å². The highest BCUT2D eigenvalue weighted by Crippen LogP contribution is 2.37. The van der Waals surface area contributed by atoms with Gasteiger partial charge in [0.25, 0.3) is 0 Å². The highest BCUT2D eigenvalue weighted by Gasteiger charge is 2.34. The summed E-state index contributed by atoms with van der Waals surface area (Å²) in [4.78, 5) is 11.8. The molecule has 0 heterocycles. The Bertz CT molecular complexity index is 175. The first-order valence-electron chi connectivity index (χ1n) is 4.98. The zero-order valence-electron chi connectivity index (χ0n) is 8.68. The summed E-state index contributed by atoms with van der Waals surface area (Å²) in [7, 11) is 0. The second-order valence-electron chi connectivity index (χ2n) is 4.95. The summed E-state index contributed by atoms with van der Waals surface area (Å²) in [6.07, 6.45) is 3.38. The van der Waals surface area contributed by atoms with Crippen LogP contribution in [0.25, 0.3) is 0 Å². The molecule has 1 heteroatoms. The molecule has 1 rings (SSSR count). The molecular weight excluding hydrogens is 148 g/mol. The lowest BCUT2D eigenvalue weighted by Crippen LogP contribution is -2.30. The van der Waals surface area contributed by atoms with Crippen LogP contribution in [-0.4, -0.2) is 5.78 Å². The van der Waals surface area contributed by atoms with E-state index in [1.165, 1.54) is 12.8 Å². The molecule has 1 fully saturated rings. The number of carbonyl (C=O) groups excluding carboxylic acids is 1. The van der Waals surface area contributed by atoms with Gasteiger partial charge >= 0.3 is 0 Å². The van der Waals surface area contributed by atoms with E-state index in [-0.39, 0.29) is 5.41 Å². The van der Waals surface area contributed by atoms with Gasteiger partial charge in [-0.1, -0.05) is 27.7 Å². The van der Waals surface area contributed by atoms with Gasteiger partial charge < -0.3 is 0 Å². The second kappa shape index (κ2) is 3.20. The molecule has 70 valence electrons. The number of ketones is 1. The van der Waals surface area contributed by atoms with Gasteiger partial charge in [0.1, 0.15) is 5.78 Å². The van der Waals surface area contributed by atoms with Crippen molar-refractivity contribution in [2.24, 2.45) is 17.3 Å². The van der Waals surface area contributed by atoms with E-state index in [1.807, 2.05) is 0 Å². The fourth-order valence-electron chi connectivity index (χ4n) is 1.17. The predicted molar refractivity (Wildman–Crippen MR) is 51.0 cm³/mol. The Morgan fingerprint density at radius 2 is 1.92 bits per heavy atom. The molecule has 1 aliphatic carbocycles. The number of hydrogen-bond acceptors (Lipinski definition) is 1. The van der Waals surface area contributed by atoms with Crippen molar-refractivity contribution in [1.29, 1.82) is 0 Å². The molecule has 0 N–H and O–H groups in total. The number of hydrogen-bond donors (Lipinski definition) is 0. The monoisotopic (exact) mass is 168 g/mol. The summed E-state index contributed by atoms with van der Waals surface area (Å²) < 4.78 is 0. The minimum absolute atomic E-state index is 0.109. The Kier molecular flexibility index (Phi) is 2.60. The largest absolute Gasteiger partial charge is 0.299 e. The highest BCUT2D eigenvalue weighted by molar-refractivity contribution is 5.84. The molecule has 0 radical (unpaired) electrons. The van der Waals surface area contributed by atoms with Crippen molar-refractivity contribution in [3.8, 4) is 0 Å². The molecule has 0 aliphatic heterocycles. The first-order valence-corrected chi connectivity index (χ1v) is 4.98. The Labute approximate surface area is 75.5 Å². The van der Waals surface area contributed by atoms with Gasteiger partial charge in [0.2, 0.25) is 0 Å². The number of rotatable bonds is 4. The maximum Gasteiger partial charge on any atom is 0.139 e. The summed E-state index contributed by atoms with van der Waals surface area (Å²) in [5.41, 5.74) is -0.109. The van der Waals surface area contributed by atoms with Crippen LogP contribution in [0.5, 0.6) is 0 Å². The summed E-state index contributed by atoms with van der Waals surface area (Å²) in [6, 6.07) is 0. The van der Waals surface area contributed by atoms with Crippen LogP contribution in [0.2, 0.25) is 0 Å². The topological polar surface area (TPSA) is 17.1 Å². The van der Waals surface area contributed by atoms with Crippen LogP contribution in [0.4, 0.5) is 0 Å². The molecular formula is C11H20O. The van der Waals surface area contributed by atoms with Gasteiger partial charge in [0.05, 0.1) is 0 Å². The molecule has 0 aromatic rings. The molecule has 0 saturated heterocycles. The third-order valence-electron chi connectivity index (χ3n) is 3.33. The maximum atomic E-state index is 11.8. The van der Waals surface area contributed by atoms with E-state index >= 15 is 0 Å². The van der Waals surface area contributed by atoms with Crippen molar-refractivity contribution in [2.75, 3.05) is 0 Å². The first kappa shape index (κ1) is 9.76. The van der Waals surface area contributed by atoms with Crippen LogP contribution >= 0.6 is 0 Å². The Hall–Kier alpha value is -0.330. The molecule has 0 unspecified atom stereocenters. The minimum atomic E-state index is -0.109. The number of Topliss-reactive ketones (excluding diaryl/α,β-unsaturated/α-hetero) is 1. The van der Waals surface area contributed by atoms with Crippen molar-refractivity contribution < 1.29 is 4.79 Å². The molecule has 0 bridgehead atoms. The molecule has 0 spiro atoms. The van der Waals surface area contributed by atoms with E-state index in [0.717, 1.165) is 12.3 Å². The SMILES string of the molecule is CC(C)C(C)(C)C(=O)CC1CC1. The molecule has 1 nitrogen and oxygen atoms in total. The van der Waals surface area contributed by atoms with Crippen LogP contribution in [0.3, 0.4) is 0 Å². The van der Waals surface area contributed by atoms with Gasteiger partial charge in [0.15, 0.2) is 0 Å². The van der Waals surface area contributed by atoms with E-state index in [1.54, 1.807) is 0 Å². The fourth-order valence-corrected chi connectivity index (χ4v) is 1.17. The Morgan fingerprint density at radius 1 is 1.42 bits per heavy atom. The van der Waals surface area contributed by atoms with Crippen LogP contribution in [0, 0.1) is 17.3 Å². The second-order valence-corrected chi connectivity index (χ2v) is 4.95. The van der Waals surface area contributed by atoms with Crippen molar-refractivity contribution in [2.45, 2.75) is 47.0 Å². The average molecular weight is 168 g/mol. The quantitative estimate of drug-likeness (QED) is 0.630. The van der Waals surface area contributed by atoms with Crippen molar-refractivity contribution in [1.82, 2.24) is 0 Å².